The van der Waals surface area contributed by atoms with E-state index in [2.05, 4.69) is 5.32 Å². The van der Waals surface area contributed by atoms with Crippen LogP contribution >= 0.6 is 0 Å². The van der Waals surface area contributed by atoms with E-state index >= 15 is 0 Å². The molecule has 0 radical (unpaired) electrons. The zero-order chi connectivity index (χ0) is 23.5. The first-order valence-electron chi connectivity index (χ1n) is 10.4. The molecule has 174 valence electrons. The topological polar surface area (TPSA) is 110 Å². The van der Waals surface area contributed by atoms with Gasteiger partial charge in [0.1, 0.15) is 5.75 Å². The molecule has 0 aromatic heterocycles. The zero-order valence-corrected chi connectivity index (χ0v) is 20.0. The predicted molar refractivity (Wildman–Crippen MR) is 122 cm³/mol. The van der Waals surface area contributed by atoms with Crippen LogP contribution in [0.5, 0.6) is 5.75 Å². The summed E-state index contributed by atoms with van der Waals surface area (Å²) in [7, 11) is -7.07. The van der Waals surface area contributed by atoms with Crippen molar-refractivity contribution < 1.29 is 26.4 Å². The zero-order valence-electron chi connectivity index (χ0n) is 18.4. The Morgan fingerprint density at radius 3 is 2.09 bits per heavy atom. The van der Waals surface area contributed by atoms with E-state index in [0.717, 1.165) is 25.5 Å². The Bertz CT molecular complexity index is 1180. The summed E-state index contributed by atoms with van der Waals surface area (Å²) >= 11 is 0. The summed E-state index contributed by atoms with van der Waals surface area (Å²) in [5.41, 5.74) is 0.464. The van der Waals surface area contributed by atoms with Gasteiger partial charge in [-0.25, -0.2) is 16.8 Å². The molecule has 2 aromatic carbocycles. The molecule has 3 rings (SSSR count). The van der Waals surface area contributed by atoms with Crippen LogP contribution < -0.4 is 10.1 Å². The van der Waals surface area contributed by atoms with Crippen LogP contribution in [0.15, 0.2) is 52.3 Å². The van der Waals surface area contributed by atoms with Gasteiger partial charge in [-0.2, -0.15) is 4.31 Å². The van der Waals surface area contributed by atoms with Crippen LogP contribution in [0.25, 0.3) is 0 Å². The van der Waals surface area contributed by atoms with Gasteiger partial charge in [-0.3, -0.25) is 4.79 Å². The number of hydrogen-bond acceptors (Lipinski definition) is 6. The fourth-order valence-corrected chi connectivity index (χ4v) is 5.60. The number of rotatable bonds is 7. The van der Waals surface area contributed by atoms with Gasteiger partial charge in [-0.05, 0) is 69.2 Å². The quantitative estimate of drug-likeness (QED) is 0.651. The highest BCUT2D eigenvalue weighted by Crippen LogP contribution is 2.31. The maximum atomic E-state index is 13.1. The monoisotopic (exact) mass is 480 g/mol. The molecule has 10 heteroatoms. The highest BCUT2D eigenvalue weighted by Gasteiger charge is 2.27. The van der Waals surface area contributed by atoms with E-state index in [4.69, 9.17) is 4.74 Å². The number of amides is 1. The molecule has 1 saturated heterocycles. The SMILES string of the molecule is CC(C)Oc1ccc(S(=O)(=O)N2CCCCC2)cc1NC(=O)c1ccc(S(C)(=O)=O)cc1. The summed E-state index contributed by atoms with van der Waals surface area (Å²) < 4.78 is 56.6. The minimum Gasteiger partial charge on any atom is -0.489 e. The van der Waals surface area contributed by atoms with Crippen LogP contribution in [0.2, 0.25) is 0 Å². The van der Waals surface area contributed by atoms with Gasteiger partial charge in [0.2, 0.25) is 10.0 Å². The third kappa shape index (κ3) is 5.67. The second-order valence-corrected chi connectivity index (χ2v) is 12.0. The van der Waals surface area contributed by atoms with Crippen LogP contribution in [-0.4, -0.2) is 52.5 Å². The lowest BCUT2D eigenvalue weighted by atomic mass is 10.2. The molecular formula is C22H28N2O6S2. The minimum absolute atomic E-state index is 0.0817. The Balaban J connectivity index is 1.92. The van der Waals surface area contributed by atoms with Crippen molar-refractivity contribution in [1.82, 2.24) is 4.31 Å². The molecular weight excluding hydrogens is 452 g/mol. The van der Waals surface area contributed by atoms with Crippen molar-refractivity contribution in [2.45, 2.75) is 49.0 Å². The number of anilines is 1. The standard InChI is InChI=1S/C22H28N2O6S2/c1-16(2)30-21-12-11-19(32(28,29)24-13-5-4-6-14-24)15-20(21)23-22(25)17-7-9-18(10-8-17)31(3,26)27/h7-12,15-16H,4-6,13-14H2,1-3H3,(H,23,25). The van der Waals surface area contributed by atoms with Crippen LogP contribution in [0.4, 0.5) is 5.69 Å². The van der Waals surface area contributed by atoms with Crippen molar-refractivity contribution in [3.05, 3.63) is 48.0 Å². The maximum absolute atomic E-state index is 13.1. The van der Waals surface area contributed by atoms with Gasteiger partial charge in [0, 0.05) is 24.9 Å². The van der Waals surface area contributed by atoms with E-state index in [9.17, 15) is 21.6 Å². The van der Waals surface area contributed by atoms with E-state index in [-0.39, 0.29) is 27.1 Å². The van der Waals surface area contributed by atoms with E-state index < -0.39 is 25.8 Å². The number of benzene rings is 2. The summed E-state index contributed by atoms with van der Waals surface area (Å²) in [6.07, 6.45) is 3.55. The van der Waals surface area contributed by atoms with E-state index in [1.807, 2.05) is 13.8 Å². The third-order valence-electron chi connectivity index (χ3n) is 5.06. The van der Waals surface area contributed by atoms with Crippen LogP contribution in [0, 0.1) is 0 Å². The minimum atomic E-state index is -3.69. The lowest BCUT2D eigenvalue weighted by molar-refractivity contribution is 0.102. The number of carbonyl (C=O) groups is 1. The Morgan fingerprint density at radius 2 is 1.53 bits per heavy atom. The Kier molecular flexibility index (Phi) is 7.26. The van der Waals surface area contributed by atoms with Gasteiger partial charge in [-0.15, -0.1) is 0 Å². The van der Waals surface area contributed by atoms with Gasteiger partial charge in [0.25, 0.3) is 5.91 Å². The summed E-state index contributed by atoms with van der Waals surface area (Å²) in [5.74, 6) is -0.162. The molecule has 0 aliphatic carbocycles. The smallest absolute Gasteiger partial charge is 0.255 e. The fraction of sp³-hybridized carbons (Fsp3) is 0.409. The third-order valence-corrected chi connectivity index (χ3v) is 8.08. The summed E-state index contributed by atoms with van der Waals surface area (Å²) in [6, 6.07) is 9.95. The molecule has 32 heavy (non-hydrogen) atoms. The highest BCUT2D eigenvalue weighted by atomic mass is 32.2. The molecule has 2 aromatic rings. The molecule has 0 spiro atoms. The van der Waals surface area contributed by atoms with Crippen molar-refractivity contribution in [2.75, 3.05) is 24.7 Å². The molecule has 0 bridgehead atoms. The average molecular weight is 481 g/mol. The molecule has 1 N–H and O–H groups in total. The van der Waals surface area contributed by atoms with Crippen molar-refractivity contribution in [3.63, 3.8) is 0 Å². The molecule has 0 saturated carbocycles. The number of sulfone groups is 1. The van der Waals surface area contributed by atoms with Crippen molar-refractivity contribution in [2.24, 2.45) is 0 Å². The number of piperidine rings is 1. The van der Waals surface area contributed by atoms with Gasteiger partial charge in [0.15, 0.2) is 9.84 Å². The first kappa shape index (κ1) is 24.2. The number of carbonyl (C=O) groups excluding carboxylic acids is 1. The van der Waals surface area contributed by atoms with Crippen LogP contribution in [0.1, 0.15) is 43.5 Å². The Morgan fingerprint density at radius 1 is 0.938 bits per heavy atom. The number of nitrogens with zero attached hydrogens (tertiary/aromatic N) is 1. The van der Waals surface area contributed by atoms with Crippen molar-refractivity contribution in [3.8, 4) is 5.75 Å². The highest BCUT2D eigenvalue weighted by molar-refractivity contribution is 7.90. The Labute approximate surface area is 189 Å². The molecule has 1 aliphatic heterocycles. The summed E-state index contributed by atoms with van der Waals surface area (Å²) in [5, 5.41) is 2.71. The first-order valence-corrected chi connectivity index (χ1v) is 13.7. The summed E-state index contributed by atoms with van der Waals surface area (Å²) in [6.45, 7) is 4.60. The Hall–Kier alpha value is -2.43. The van der Waals surface area contributed by atoms with E-state index in [1.54, 1.807) is 6.07 Å². The molecule has 1 aliphatic rings. The fourth-order valence-electron chi connectivity index (χ4n) is 3.43. The molecule has 1 heterocycles. The molecule has 1 amide bonds. The van der Waals surface area contributed by atoms with Crippen molar-refractivity contribution >= 4 is 31.5 Å². The van der Waals surface area contributed by atoms with Gasteiger partial charge < -0.3 is 10.1 Å². The van der Waals surface area contributed by atoms with E-state index in [1.165, 1.54) is 40.7 Å². The van der Waals surface area contributed by atoms with Gasteiger partial charge in [0.05, 0.1) is 21.6 Å². The molecule has 1 fully saturated rings. The lowest BCUT2D eigenvalue weighted by Crippen LogP contribution is -2.35. The summed E-state index contributed by atoms with van der Waals surface area (Å²) in [4.78, 5) is 13.0. The average Bonchev–Trinajstić information content (AvgIpc) is 2.74. The lowest BCUT2D eigenvalue weighted by Gasteiger charge is -2.26. The van der Waals surface area contributed by atoms with Crippen LogP contribution in [0.3, 0.4) is 0 Å². The van der Waals surface area contributed by atoms with E-state index in [0.29, 0.717) is 18.8 Å². The normalized spacial score (nSPS) is 15.5. The largest absolute Gasteiger partial charge is 0.489 e. The van der Waals surface area contributed by atoms with Gasteiger partial charge >= 0.3 is 0 Å². The van der Waals surface area contributed by atoms with Gasteiger partial charge in [-0.1, -0.05) is 6.42 Å². The first-order chi connectivity index (χ1) is 15.0. The predicted octanol–water partition coefficient (Wildman–Crippen LogP) is 3.30. The number of hydrogen-bond donors (Lipinski definition) is 1. The molecule has 0 unspecified atom stereocenters. The number of sulfonamides is 1. The molecule has 8 nitrogen and oxygen atoms in total. The second kappa shape index (κ2) is 9.60. The molecule has 0 atom stereocenters. The number of nitrogens with one attached hydrogen (secondary N) is 1. The van der Waals surface area contributed by atoms with Crippen LogP contribution in [-0.2, 0) is 19.9 Å². The second-order valence-electron chi connectivity index (χ2n) is 8.04. The van der Waals surface area contributed by atoms with Crippen molar-refractivity contribution in [1.29, 1.82) is 0 Å². The maximum Gasteiger partial charge on any atom is 0.255 e. The number of ether oxygens (including phenoxy) is 1.